The average molecular weight is 331 g/mol. The maximum atomic E-state index is 5.87. The fourth-order valence-corrected chi connectivity index (χ4v) is 3.14. The number of nitrogens with one attached hydrogen (secondary N) is 1. The molecule has 90 valence electrons. The molecule has 0 radical (unpaired) electrons. The molecule has 1 aromatic heterocycles. The van der Waals surface area contributed by atoms with Crippen molar-refractivity contribution in [3.8, 4) is 0 Å². The van der Waals surface area contributed by atoms with Gasteiger partial charge in [-0.15, -0.1) is 11.3 Å². The second-order valence-electron chi connectivity index (χ2n) is 3.85. The Morgan fingerprint density at radius 3 is 2.59 bits per heavy atom. The van der Waals surface area contributed by atoms with Crippen LogP contribution in [0.25, 0.3) is 0 Å². The van der Waals surface area contributed by atoms with Crippen LogP contribution in [0.1, 0.15) is 23.4 Å². The van der Waals surface area contributed by atoms with Gasteiger partial charge in [0.15, 0.2) is 0 Å². The first-order valence-electron chi connectivity index (χ1n) is 5.37. The molecule has 0 aliphatic carbocycles. The highest BCUT2D eigenvalue weighted by atomic mass is 79.9. The van der Waals surface area contributed by atoms with Gasteiger partial charge in [0.05, 0.1) is 0 Å². The van der Waals surface area contributed by atoms with Gasteiger partial charge in [-0.25, -0.2) is 0 Å². The van der Waals surface area contributed by atoms with Gasteiger partial charge in [-0.2, -0.15) is 0 Å². The van der Waals surface area contributed by atoms with Gasteiger partial charge < -0.3 is 5.32 Å². The smallest absolute Gasteiger partial charge is 0.0406 e. The van der Waals surface area contributed by atoms with Crippen LogP contribution in [0.2, 0.25) is 5.02 Å². The molecule has 2 aromatic rings. The zero-order valence-corrected chi connectivity index (χ0v) is 12.6. The first-order chi connectivity index (χ1) is 8.16. The van der Waals surface area contributed by atoms with Gasteiger partial charge in [-0.1, -0.05) is 23.7 Å². The van der Waals surface area contributed by atoms with E-state index in [2.05, 4.69) is 51.7 Å². The fraction of sp³-hybridized carbons (Fsp3) is 0.231. The summed E-state index contributed by atoms with van der Waals surface area (Å²) in [7, 11) is 0. The minimum Gasteiger partial charge on any atom is -0.305 e. The fourth-order valence-electron chi connectivity index (χ4n) is 1.57. The predicted molar refractivity (Wildman–Crippen MR) is 78.7 cm³/mol. The molecule has 0 fully saturated rings. The van der Waals surface area contributed by atoms with Crippen molar-refractivity contribution in [2.75, 3.05) is 0 Å². The van der Waals surface area contributed by atoms with Gasteiger partial charge in [0.1, 0.15) is 0 Å². The average Bonchev–Trinajstić information content (AvgIpc) is 2.73. The van der Waals surface area contributed by atoms with Crippen LogP contribution in [0, 0.1) is 0 Å². The van der Waals surface area contributed by atoms with Gasteiger partial charge in [0, 0.05) is 27.0 Å². The summed E-state index contributed by atoms with van der Waals surface area (Å²) >= 11 is 11.2. The van der Waals surface area contributed by atoms with E-state index in [4.69, 9.17) is 11.6 Å². The van der Waals surface area contributed by atoms with Crippen molar-refractivity contribution in [2.45, 2.75) is 19.5 Å². The van der Waals surface area contributed by atoms with Crippen molar-refractivity contribution >= 4 is 38.9 Å². The van der Waals surface area contributed by atoms with Gasteiger partial charge in [0.25, 0.3) is 0 Å². The zero-order chi connectivity index (χ0) is 12.3. The summed E-state index contributed by atoms with van der Waals surface area (Å²) in [6.07, 6.45) is 0. The summed E-state index contributed by atoms with van der Waals surface area (Å²) < 4.78 is 1.18. The van der Waals surface area contributed by atoms with Crippen LogP contribution in [-0.4, -0.2) is 0 Å². The summed E-state index contributed by atoms with van der Waals surface area (Å²) in [5.41, 5.74) is 1.25. The molecule has 1 N–H and O–H groups in total. The molecule has 1 nitrogen and oxygen atoms in total. The maximum absolute atomic E-state index is 5.87. The topological polar surface area (TPSA) is 12.0 Å². The van der Waals surface area contributed by atoms with Crippen LogP contribution in [0.4, 0.5) is 0 Å². The summed E-state index contributed by atoms with van der Waals surface area (Å²) in [5, 5.41) is 6.37. The molecule has 0 bridgehead atoms. The number of thiophene rings is 1. The Kier molecular flexibility index (Phi) is 4.62. The van der Waals surface area contributed by atoms with E-state index in [0.29, 0.717) is 6.04 Å². The van der Waals surface area contributed by atoms with Crippen LogP contribution < -0.4 is 5.32 Å². The Morgan fingerprint density at radius 2 is 2.00 bits per heavy atom. The molecule has 0 aliphatic heterocycles. The molecule has 4 heteroatoms. The highest BCUT2D eigenvalue weighted by Crippen LogP contribution is 2.23. The summed E-state index contributed by atoms with van der Waals surface area (Å²) in [4.78, 5) is 1.32. The number of halogens is 2. The minimum absolute atomic E-state index is 0.321. The lowest BCUT2D eigenvalue weighted by Gasteiger charge is -2.13. The van der Waals surface area contributed by atoms with Gasteiger partial charge >= 0.3 is 0 Å². The lowest BCUT2D eigenvalue weighted by molar-refractivity contribution is 0.578. The van der Waals surface area contributed by atoms with E-state index in [1.165, 1.54) is 14.9 Å². The van der Waals surface area contributed by atoms with Crippen molar-refractivity contribution in [3.05, 3.63) is 55.6 Å². The normalized spacial score (nSPS) is 12.6. The highest BCUT2D eigenvalue weighted by Gasteiger charge is 2.06. The van der Waals surface area contributed by atoms with Gasteiger partial charge in [-0.05, 0) is 52.0 Å². The molecule has 0 saturated carbocycles. The van der Waals surface area contributed by atoms with Crippen molar-refractivity contribution in [2.24, 2.45) is 0 Å². The van der Waals surface area contributed by atoms with E-state index in [9.17, 15) is 0 Å². The molecule has 1 aromatic carbocycles. The van der Waals surface area contributed by atoms with Crippen LogP contribution in [0.15, 0.2) is 40.2 Å². The van der Waals surface area contributed by atoms with Crippen LogP contribution in [0.5, 0.6) is 0 Å². The molecular formula is C13H13BrClNS. The molecule has 17 heavy (non-hydrogen) atoms. The van der Waals surface area contributed by atoms with E-state index in [0.717, 1.165) is 11.6 Å². The molecule has 0 aliphatic rings. The number of rotatable bonds is 4. The zero-order valence-electron chi connectivity index (χ0n) is 9.41. The third kappa shape index (κ3) is 3.55. The van der Waals surface area contributed by atoms with Crippen LogP contribution in [-0.2, 0) is 6.54 Å². The maximum Gasteiger partial charge on any atom is 0.0406 e. The van der Waals surface area contributed by atoms with E-state index >= 15 is 0 Å². The lowest BCUT2D eigenvalue weighted by atomic mass is 10.1. The summed E-state index contributed by atoms with van der Waals surface area (Å²) in [6.45, 7) is 3.03. The SMILES string of the molecule is C[C@@H](NCc1sccc1Br)c1ccc(Cl)cc1. The predicted octanol–water partition coefficient (Wildman–Crippen LogP) is 5.01. The number of hydrogen-bond donors (Lipinski definition) is 1. The first-order valence-corrected chi connectivity index (χ1v) is 7.42. The lowest BCUT2D eigenvalue weighted by Crippen LogP contribution is -2.17. The minimum atomic E-state index is 0.321. The third-order valence-electron chi connectivity index (χ3n) is 2.63. The second kappa shape index (κ2) is 6.01. The Hall–Kier alpha value is -0.350. The molecule has 2 rings (SSSR count). The van der Waals surface area contributed by atoms with Crippen LogP contribution in [0.3, 0.4) is 0 Å². The van der Waals surface area contributed by atoms with Gasteiger partial charge in [-0.3, -0.25) is 0 Å². The van der Waals surface area contributed by atoms with E-state index < -0.39 is 0 Å². The molecule has 1 atom stereocenters. The standard InChI is InChI=1S/C13H13BrClNS/c1-9(10-2-4-11(15)5-3-10)16-8-13-12(14)6-7-17-13/h2-7,9,16H,8H2,1H3/t9-/m1/s1. The Labute approximate surface area is 119 Å². The van der Waals surface area contributed by atoms with Crippen molar-refractivity contribution < 1.29 is 0 Å². The first kappa shape index (κ1) is 13.1. The Morgan fingerprint density at radius 1 is 1.29 bits per heavy atom. The summed E-state index contributed by atoms with van der Waals surface area (Å²) in [5.74, 6) is 0. The van der Waals surface area contributed by atoms with E-state index in [1.807, 2.05) is 12.1 Å². The largest absolute Gasteiger partial charge is 0.305 e. The molecule has 1 heterocycles. The van der Waals surface area contributed by atoms with E-state index in [1.54, 1.807) is 11.3 Å². The molecule has 0 unspecified atom stereocenters. The monoisotopic (exact) mass is 329 g/mol. The Balaban J connectivity index is 1.95. The quantitative estimate of drug-likeness (QED) is 0.830. The molecular weight excluding hydrogens is 318 g/mol. The van der Waals surface area contributed by atoms with Crippen LogP contribution >= 0.6 is 38.9 Å². The Bertz CT molecular complexity index is 480. The third-order valence-corrected chi connectivity index (χ3v) is 4.81. The number of hydrogen-bond acceptors (Lipinski definition) is 2. The summed E-state index contributed by atoms with van der Waals surface area (Å²) in [6, 6.07) is 10.4. The van der Waals surface area contributed by atoms with Crippen molar-refractivity contribution in [3.63, 3.8) is 0 Å². The second-order valence-corrected chi connectivity index (χ2v) is 6.14. The molecule has 0 saturated heterocycles. The number of benzene rings is 1. The van der Waals surface area contributed by atoms with Crippen molar-refractivity contribution in [1.29, 1.82) is 0 Å². The van der Waals surface area contributed by atoms with Crippen molar-refractivity contribution in [1.82, 2.24) is 5.32 Å². The molecule has 0 amide bonds. The van der Waals surface area contributed by atoms with Gasteiger partial charge in [0.2, 0.25) is 0 Å². The molecule has 0 spiro atoms. The highest BCUT2D eigenvalue weighted by molar-refractivity contribution is 9.10. The van der Waals surface area contributed by atoms with E-state index in [-0.39, 0.29) is 0 Å².